The zero-order valence-electron chi connectivity index (χ0n) is 29.3. The zero-order chi connectivity index (χ0) is 36.2. The van der Waals surface area contributed by atoms with Crippen molar-refractivity contribution in [1.82, 2.24) is 0 Å². The van der Waals surface area contributed by atoms with Crippen LogP contribution in [0.3, 0.4) is 0 Å². The molecular formula is C41H39Br2O7P. The van der Waals surface area contributed by atoms with E-state index in [4.69, 9.17) is 28.4 Å². The molecule has 0 amide bonds. The molecule has 0 aliphatic carbocycles. The molecule has 0 radical (unpaired) electrons. The number of carbonyl (C=O) groups excluding carboxylic acids is 1. The highest BCUT2D eigenvalue weighted by Gasteiger charge is 2.43. The molecule has 51 heavy (non-hydrogen) atoms. The molecule has 5 aromatic carbocycles. The number of ether oxygens (including phenoxy) is 6. The molecule has 0 aromatic heterocycles. The van der Waals surface area contributed by atoms with E-state index in [1.807, 2.05) is 66.7 Å². The van der Waals surface area contributed by atoms with Crippen LogP contribution in [0.15, 0.2) is 99.9 Å². The molecule has 0 bridgehead atoms. The monoisotopic (exact) mass is 832 g/mol. The molecule has 1 fully saturated rings. The van der Waals surface area contributed by atoms with E-state index in [9.17, 15) is 4.79 Å². The van der Waals surface area contributed by atoms with Gasteiger partial charge in [0.05, 0.1) is 53.8 Å². The van der Waals surface area contributed by atoms with Crippen LogP contribution < -0.4 is 33.7 Å². The molecule has 6 rings (SSSR count). The molecule has 0 N–H and O–H groups in total. The highest BCUT2D eigenvalue weighted by molar-refractivity contribution is 9.10. The summed E-state index contributed by atoms with van der Waals surface area (Å²) in [5.74, 6) is 3.80. The lowest BCUT2D eigenvalue weighted by Crippen LogP contribution is -2.26. The van der Waals surface area contributed by atoms with Crippen LogP contribution >= 0.6 is 39.8 Å². The van der Waals surface area contributed by atoms with E-state index < -0.39 is 7.92 Å². The fourth-order valence-electron chi connectivity index (χ4n) is 7.02. The second-order valence-corrected chi connectivity index (χ2v) is 16.2. The van der Waals surface area contributed by atoms with Crippen molar-refractivity contribution >= 4 is 50.9 Å². The largest absolute Gasteiger partial charge is 0.496 e. The molecule has 0 saturated carbocycles. The summed E-state index contributed by atoms with van der Waals surface area (Å²) in [6.07, 6.45) is 0.771. The predicted molar refractivity (Wildman–Crippen MR) is 211 cm³/mol. The van der Waals surface area contributed by atoms with Crippen molar-refractivity contribution in [2.75, 3.05) is 42.7 Å². The molecule has 1 heterocycles. The number of carbonyl (C=O) groups is 1. The Morgan fingerprint density at radius 1 is 0.529 bits per heavy atom. The molecular weight excluding hydrogens is 795 g/mol. The third-order valence-electron chi connectivity index (χ3n) is 9.31. The summed E-state index contributed by atoms with van der Waals surface area (Å²) >= 11 is 7.75. The van der Waals surface area contributed by atoms with E-state index in [-0.39, 0.29) is 17.1 Å². The van der Waals surface area contributed by atoms with E-state index in [2.05, 4.69) is 56.1 Å². The number of rotatable bonds is 11. The van der Waals surface area contributed by atoms with Crippen LogP contribution in [0.5, 0.6) is 34.5 Å². The van der Waals surface area contributed by atoms with Crippen molar-refractivity contribution in [3.05, 3.63) is 111 Å². The number of methoxy groups -OCH3 is 6. The standard InChI is InChI=1S/C41H39Br2O7P/c1-45-25-20-33(47-3)39(34(21-25)48-4)29-14-11-15-30(40-35(49-5)22-26(46-2)23-36(40)50-6)41(29)51-37(27-12-7-9-16-31(27)42)18-24(44)19-38(51)28-13-8-10-17-32(28)43/h7-17,20-23,37-38H,18-19H2,1-6H3. The van der Waals surface area contributed by atoms with Gasteiger partial charge >= 0.3 is 0 Å². The number of benzene rings is 5. The minimum Gasteiger partial charge on any atom is -0.496 e. The number of Topliss-reactive ketones (excluding diaryl/α,β-unsaturated/α-hetero) is 1. The fourth-order valence-corrected chi connectivity index (χ4v) is 12.3. The third-order valence-corrected chi connectivity index (χ3v) is 14.0. The summed E-state index contributed by atoms with van der Waals surface area (Å²) in [6, 6.07) is 30.2. The third kappa shape index (κ3) is 7.09. The Labute approximate surface area is 317 Å². The molecule has 264 valence electrons. The van der Waals surface area contributed by atoms with Gasteiger partial charge in [-0.05, 0) is 39.7 Å². The smallest absolute Gasteiger partial charge is 0.134 e. The van der Waals surface area contributed by atoms with Crippen molar-refractivity contribution in [2.24, 2.45) is 0 Å². The highest BCUT2D eigenvalue weighted by atomic mass is 79.9. The van der Waals surface area contributed by atoms with E-state index in [0.29, 0.717) is 47.3 Å². The minimum atomic E-state index is -1.25. The van der Waals surface area contributed by atoms with Gasteiger partial charge in [-0.2, -0.15) is 0 Å². The van der Waals surface area contributed by atoms with Crippen LogP contribution in [-0.4, -0.2) is 48.4 Å². The summed E-state index contributed by atoms with van der Waals surface area (Å²) in [6.45, 7) is 0. The maximum absolute atomic E-state index is 14.0. The van der Waals surface area contributed by atoms with Crippen molar-refractivity contribution in [3.63, 3.8) is 0 Å². The Hall–Kier alpha value is -4.04. The van der Waals surface area contributed by atoms with Crippen LogP contribution in [0.1, 0.15) is 35.3 Å². The van der Waals surface area contributed by atoms with Crippen molar-refractivity contribution in [2.45, 2.75) is 24.2 Å². The minimum absolute atomic E-state index is 0.153. The van der Waals surface area contributed by atoms with Gasteiger partial charge in [0.25, 0.3) is 0 Å². The zero-order valence-corrected chi connectivity index (χ0v) is 33.4. The van der Waals surface area contributed by atoms with Crippen molar-refractivity contribution < 1.29 is 33.2 Å². The quantitative estimate of drug-likeness (QED) is 0.123. The van der Waals surface area contributed by atoms with Crippen LogP contribution in [0.2, 0.25) is 0 Å². The topological polar surface area (TPSA) is 72.5 Å². The number of hydrogen-bond donors (Lipinski definition) is 0. The Bertz CT molecular complexity index is 1880. The highest BCUT2D eigenvalue weighted by Crippen LogP contribution is 2.69. The Balaban J connectivity index is 1.81. The van der Waals surface area contributed by atoms with Crippen LogP contribution in [-0.2, 0) is 4.79 Å². The second-order valence-electron chi connectivity index (χ2n) is 11.9. The van der Waals surface area contributed by atoms with Gasteiger partial charge in [0.2, 0.25) is 0 Å². The normalized spacial score (nSPS) is 17.1. The molecule has 2 atom stereocenters. The molecule has 5 aromatic rings. The Kier molecular flexibility index (Phi) is 11.6. The average Bonchev–Trinajstić information content (AvgIpc) is 3.16. The van der Waals surface area contributed by atoms with Crippen molar-refractivity contribution in [1.29, 1.82) is 0 Å². The first-order chi connectivity index (χ1) is 24.8. The SMILES string of the molecule is COc1cc(OC)c(-c2cccc(-c3c(OC)cc(OC)cc3OC)c2P2C(c3ccccc3Br)CC(=O)CC2c2ccccc2Br)c(OC)c1. The van der Waals surface area contributed by atoms with E-state index in [0.717, 1.165) is 47.6 Å². The molecule has 0 spiro atoms. The van der Waals surface area contributed by atoms with E-state index >= 15 is 0 Å². The maximum atomic E-state index is 14.0. The molecule has 2 unspecified atom stereocenters. The molecule has 1 saturated heterocycles. The van der Waals surface area contributed by atoms with Gasteiger partial charge in [-0.3, -0.25) is 4.79 Å². The molecule has 7 nitrogen and oxygen atoms in total. The van der Waals surface area contributed by atoms with Gasteiger partial charge < -0.3 is 28.4 Å². The van der Waals surface area contributed by atoms with Gasteiger partial charge in [0, 0.05) is 57.4 Å². The first kappa shape index (κ1) is 36.7. The number of ketones is 1. The molecule has 1 aliphatic heterocycles. The summed E-state index contributed by atoms with van der Waals surface area (Å²) in [4.78, 5) is 14.0. The number of hydrogen-bond acceptors (Lipinski definition) is 7. The lowest BCUT2D eigenvalue weighted by Gasteiger charge is -2.42. The summed E-state index contributed by atoms with van der Waals surface area (Å²) in [5, 5.41) is 1.06. The van der Waals surface area contributed by atoms with E-state index in [1.165, 1.54) is 0 Å². The Morgan fingerprint density at radius 2 is 0.902 bits per heavy atom. The fraction of sp³-hybridized carbons (Fsp3) is 0.244. The maximum Gasteiger partial charge on any atom is 0.134 e. The van der Waals surface area contributed by atoms with E-state index in [1.54, 1.807) is 42.7 Å². The summed E-state index contributed by atoms with van der Waals surface area (Å²) < 4.78 is 37.6. The Morgan fingerprint density at radius 3 is 1.24 bits per heavy atom. The first-order valence-corrected chi connectivity index (χ1v) is 19.4. The van der Waals surface area contributed by atoms with Gasteiger partial charge in [0.15, 0.2) is 0 Å². The lowest BCUT2D eigenvalue weighted by molar-refractivity contribution is -0.119. The summed E-state index contributed by atoms with van der Waals surface area (Å²) in [5.41, 5.74) is 5.24. The van der Waals surface area contributed by atoms with Crippen LogP contribution in [0.4, 0.5) is 0 Å². The summed E-state index contributed by atoms with van der Waals surface area (Å²) in [7, 11) is 8.58. The van der Waals surface area contributed by atoms with Gasteiger partial charge in [0.1, 0.15) is 40.3 Å². The molecule has 10 heteroatoms. The van der Waals surface area contributed by atoms with Crippen LogP contribution in [0.25, 0.3) is 22.3 Å². The first-order valence-electron chi connectivity index (χ1n) is 16.3. The van der Waals surface area contributed by atoms with Crippen molar-refractivity contribution in [3.8, 4) is 56.8 Å². The van der Waals surface area contributed by atoms with Gasteiger partial charge in [-0.15, -0.1) is 0 Å². The number of halogens is 2. The van der Waals surface area contributed by atoms with Crippen LogP contribution in [0, 0.1) is 0 Å². The van der Waals surface area contributed by atoms with Gasteiger partial charge in [-0.1, -0.05) is 94.4 Å². The molecule has 1 aliphatic rings. The average molecular weight is 835 g/mol. The van der Waals surface area contributed by atoms with Gasteiger partial charge in [-0.25, -0.2) is 0 Å². The predicted octanol–water partition coefficient (Wildman–Crippen LogP) is 10.5. The second kappa shape index (κ2) is 16.1. The lowest BCUT2D eigenvalue weighted by atomic mass is 9.95.